The van der Waals surface area contributed by atoms with Gasteiger partial charge in [-0.15, -0.1) is 6.58 Å². The van der Waals surface area contributed by atoms with Crippen LogP contribution < -0.4 is 0 Å². The highest BCUT2D eigenvalue weighted by molar-refractivity contribution is 5.26. The van der Waals surface area contributed by atoms with Gasteiger partial charge in [0.1, 0.15) is 18.3 Å². The molecule has 1 N–H and O–H groups in total. The van der Waals surface area contributed by atoms with Crippen molar-refractivity contribution in [2.75, 3.05) is 6.61 Å². The normalized spacial score (nSPS) is 40.5. The van der Waals surface area contributed by atoms with Gasteiger partial charge < -0.3 is 24.1 Å². The minimum absolute atomic E-state index is 0.0111. The van der Waals surface area contributed by atoms with E-state index in [4.69, 9.17) is 18.9 Å². The second-order valence-electron chi connectivity index (χ2n) is 6.26. The second kappa shape index (κ2) is 5.82. The van der Waals surface area contributed by atoms with E-state index in [9.17, 15) is 5.11 Å². The van der Waals surface area contributed by atoms with Gasteiger partial charge in [-0.2, -0.15) is 0 Å². The van der Waals surface area contributed by atoms with Crippen LogP contribution in [0.4, 0.5) is 0 Å². The largest absolute Gasteiger partial charge is 0.394 e. The van der Waals surface area contributed by atoms with Crippen molar-refractivity contribution in [3.8, 4) is 0 Å². The van der Waals surface area contributed by atoms with Gasteiger partial charge in [0.05, 0.1) is 12.7 Å². The number of hydrogen-bond donors (Lipinski definition) is 1. The molecule has 3 aliphatic rings. The zero-order valence-electron chi connectivity index (χ0n) is 12.7. The van der Waals surface area contributed by atoms with Crippen LogP contribution in [0.15, 0.2) is 24.3 Å². The molecule has 5 atom stereocenters. The van der Waals surface area contributed by atoms with E-state index < -0.39 is 12.1 Å². The van der Waals surface area contributed by atoms with Gasteiger partial charge in [0.25, 0.3) is 0 Å². The van der Waals surface area contributed by atoms with Crippen LogP contribution >= 0.6 is 0 Å². The van der Waals surface area contributed by atoms with E-state index in [1.807, 2.05) is 19.9 Å². The zero-order chi connectivity index (χ0) is 15.0. The Morgan fingerprint density at radius 3 is 2.81 bits per heavy atom. The van der Waals surface area contributed by atoms with Crippen molar-refractivity contribution in [3.63, 3.8) is 0 Å². The average molecular weight is 296 g/mol. The third-order valence-electron chi connectivity index (χ3n) is 4.14. The lowest BCUT2D eigenvalue weighted by molar-refractivity contribution is -0.217. The maximum atomic E-state index is 9.56. The predicted octanol–water partition coefficient (Wildman–Crippen LogP) is 1.91. The summed E-state index contributed by atoms with van der Waals surface area (Å²) in [4.78, 5) is 0. The van der Waals surface area contributed by atoms with Crippen LogP contribution in [0, 0.1) is 0 Å². The summed E-state index contributed by atoms with van der Waals surface area (Å²) in [7, 11) is 0. The molecule has 0 aromatic carbocycles. The molecule has 3 aliphatic heterocycles. The summed E-state index contributed by atoms with van der Waals surface area (Å²) in [6.07, 6.45) is 5.66. The summed E-state index contributed by atoms with van der Waals surface area (Å²) in [5.41, 5.74) is 1.06. The molecule has 21 heavy (non-hydrogen) atoms. The van der Waals surface area contributed by atoms with Gasteiger partial charge in [0.2, 0.25) is 0 Å². The summed E-state index contributed by atoms with van der Waals surface area (Å²) < 4.78 is 23.5. The second-order valence-corrected chi connectivity index (χ2v) is 6.26. The van der Waals surface area contributed by atoms with Crippen LogP contribution in [0.25, 0.3) is 0 Å². The van der Waals surface area contributed by atoms with Crippen molar-refractivity contribution in [3.05, 3.63) is 24.3 Å². The lowest BCUT2D eigenvalue weighted by Gasteiger charge is -2.33. The predicted molar refractivity (Wildman–Crippen MR) is 76.6 cm³/mol. The molecule has 118 valence electrons. The van der Waals surface area contributed by atoms with E-state index >= 15 is 0 Å². The van der Waals surface area contributed by atoms with Gasteiger partial charge in [-0.05, 0) is 38.7 Å². The molecular formula is C16H24O5. The highest BCUT2D eigenvalue weighted by Crippen LogP contribution is 2.43. The molecule has 0 aromatic heterocycles. The number of aliphatic hydroxyl groups excluding tert-OH is 1. The molecule has 0 radical (unpaired) electrons. The molecule has 0 aliphatic carbocycles. The highest BCUT2D eigenvalue weighted by Gasteiger charge is 2.55. The van der Waals surface area contributed by atoms with Crippen molar-refractivity contribution in [2.45, 2.75) is 69.6 Å². The fraction of sp³-hybridized carbons (Fsp3) is 0.750. The first-order valence-corrected chi connectivity index (χ1v) is 7.64. The minimum atomic E-state index is -0.632. The molecule has 5 nitrogen and oxygen atoms in total. The Morgan fingerprint density at radius 1 is 1.29 bits per heavy atom. The van der Waals surface area contributed by atoms with Gasteiger partial charge in [-0.3, -0.25) is 0 Å². The molecule has 0 spiro atoms. The minimum Gasteiger partial charge on any atom is -0.394 e. The van der Waals surface area contributed by atoms with E-state index in [1.54, 1.807) is 0 Å². The Kier molecular flexibility index (Phi) is 4.21. The molecule has 0 unspecified atom stereocenters. The Bertz CT molecular complexity index is 430. The summed E-state index contributed by atoms with van der Waals surface area (Å²) in [5, 5.41) is 9.56. The van der Waals surface area contributed by atoms with E-state index in [2.05, 4.69) is 12.7 Å². The third kappa shape index (κ3) is 2.94. The quantitative estimate of drug-likeness (QED) is 0.620. The fourth-order valence-corrected chi connectivity index (χ4v) is 3.24. The molecule has 2 saturated heterocycles. The average Bonchev–Trinajstić information content (AvgIpc) is 2.90. The lowest BCUT2D eigenvalue weighted by Crippen LogP contribution is -2.42. The van der Waals surface area contributed by atoms with Crippen molar-refractivity contribution in [1.29, 1.82) is 0 Å². The summed E-state index contributed by atoms with van der Waals surface area (Å²) >= 11 is 0. The summed E-state index contributed by atoms with van der Waals surface area (Å²) in [5.74, 6) is -0.632. The number of ether oxygens (including phenoxy) is 4. The van der Waals surface area contributed by atoms with Crippen molar-refractivity contribution in [2.24, 2.45) is 0 Å². The van der Waals surface area contributed by atoms with Crippen molar-refractivity contribution < 1.29 is 24.1 Å². The highest BCUT2D eigenvalue weighted by atomic mass is 16.8. The molecule has 5 heteroatoms. The first kappa shape index (κ1) is 15.2. The van der Waals surface area contributed by atoms with Gasteiger partial charge in [0, 0.05) is 0 Å². The summed E-state index contributed by atoms with van der Waals surface area (Å²) in [6.45, 7) is 7.43. The van der Waals surface area contributed by atoms with Crippen LogP contribution in [-0.2, 0) is 18.9 Å². The van der Waals surface area contributed by atoms with Crippen molar-refractivity contribution in [1.82, 2.24) is 0 Å². The van der Waals surface area contributed by atoms with Gasteiger partial charge >= 0.3 is 0 Å². The Balaban J connectivity index is 1.75. The Labute approximate surface area is 125 Å². The molecule has 0 bridgehead atoms. The van der Waals surface area contributed by atoms with E-state index in [1.165, 1.54) is 0 Å². The molecule has 3 rings (SSSR count). The number of aliphatic hydroxyl groups is 1. The Hall–Kier alpha value is -0.720. The molecule has 0 amide bonds. The van der Waals surface area contributed by atoms with Crippen LogP contribution in [0.3, 0.4) is 0 Å². The van der Waals surface area contributed by atoms with E-state index in [-0.39, 0.29) is 31.0 Å². The maximum absolute atomic E-state index is 9.56. The van der Waals surface area contributed by atoms with Crippen molar-refractivity contribution >= 4 is 0 Å². The molecule has 2 fully saturated rings. The number of allylic oxidation sites excluding steroid dienone is 1. The van der Waals surface area contributed by atoms with Crippen LogP contribution in [0.2, 0.25) is 0 Å². The first-order chi connectivity index (χ1) is 10.0. The fourth-order valence-electron chi connectivity index (χ4n) is 3.24. The van der Waals surface area contributed by atoms with Crippen LogP contribution in [-0.4, -0.2) is 48.2 Å². The number of rotatable bonds is 5. The molecule has 3 heterocycles. The summed E-state index contributed by atoms with van der Waals surface area (Å²) in [6, 6.07) is 0. The van der Waals surface area contributed by atoms with E-state index in [0.29, 0.717) is 0 Å². The molecular weight excluding hydrogens is 272 g/mol. The van der Waals surface area contributed by atoms with E-state index in [0.717, 1.165) is 24.8 Å². The van der Waals surface area contributed by atoms with Gasteiger partial charge in [-0.25, -0.2) is 0 Å². The monoisotopic (exact) mass is 296 g/mol. The topological polar surface area (TPSA) is 57.2 Å². The zero-order valence-corrected chi connectivity index (χ0v) is 12.7. The Morgan fingerprint density at radius 2 is 2.10 bits per heavy atom. The van der Waals surface area contributed by atoms with Crippen LogP contribution in [0.5, 0.6) is 0 Å². The van der Waals surface area contributed by atoms with Gasteiger partial charge in [0.15, 0.2) is 12.1 Å². The van der Waals surface area contributed by atoms with Gasteiger partial charge in [-0.1, -0.05) is 12.2 Å². The van der Waals surface area contributed by atoms with Crippen LogP contribution in [0.1, 0.15) is 33.1 Å². The third-order valence-corrected chi connectivity index (χ3v) is 4.14. The SMILES string of the molecule is C=CCCC[C@@H]1C=C2[C@H]3OC(C)(C)O[C@H]3O[C@@H]2[C@@H](CO)O1. The molecule has 0 aromatic rings. The lowest BCUT2D eigenvalue weighted by atomic mass is 9.95. The maximum Gasteiger partial charge on any atom is 0.191 e. The smallest absolute Gasteiger partial charge is 0.191 e. The number of hydrogen-bond acceptors (Lipinski definition) is 5. The molecule has 0 saturated carbocycles. The standard InChI is InChI=1S/C16H24O5/c1-4-5-6-7-10-8-11-13(12(9-17)18-10)19-15-14(11)20-16(2,3)21-15/h4,8,10,12-15,17H,1,5-7,9H2,2-3H3/t10-,12-,13+,14-,15-/m1/s1. The number of fused-ring (bicyclic) bond motifs is 3. The first-order valence-electron chi connectivity index (χ1n) is 7.64. The number of unbranched alkanes of at least 4 members (excludes halogenated alkanes) is 1.